The van der Waals surface area contributed by atoms with E-state index < -0.39 is 0 Å². The number of nitrogens with zero attached hydrogens (tertiary/aromatic N) is 2. The van der Waals surface area contributed by atoms with Gasteiger partial charge in [-0.1, -0.05) is 66.7 Å². The average Bonchev–Trinajstić information content (AvgIpc) is 3.19. The van der Waals surface area contributed by atoms with Crippen LogP contribution in [0.15, 0.2) is 119 Å². The third-order valence-corrected chi connectivity index (χ3v) is 8.74. The topological polar surface area (TPSA) is 160 Å². The number of rotatable bonds is 9. The molecular formula is C41H44ClK2N2O9+. The molecule has 280 valence electrons. The van der Waals surface area contributed by atoms with Crippen molar-refractivity contribution >= 4 is 41.8 Å². The van der Waals surface area contributed by atoms with Crippen LogP contribution in [0.25, 0.3) is 11.1 Å². The molecule has 11 nitrogen and oxygen atoms in total. The van der Waals surface area contributed by atoms with E-state index in [4.69, 9.17) is 36.6 Å². The van der Waals surface area contributed by atoms with E-state index in [1.807, 2.05) is 18.2 Å². The van der Waals surface area contributed by atoms with E-state index in [-0.39, 0.29) is 139 Å². The van der Waals surface area contributed by atoms with Crippen LogP contribution in [0.3, 0.4) is 0 Å². The Labute approximate surface area is 413 Å². The van der Waals surface area contributed by atoms with Crippen LogP contribution in [0.1, 0.15) is 35.8 Å². The van der Waals surface area contributed by atoms with E-state index in [1.165, 1.54) is 51.6 Å². The molecule has 0 bridgehead atoms. The SMILES string of the molecule is CN1CCC(CCl)=C(c2ccccc2)C1.CN1CCC(COc2cccc(O)c2C=O)=C(c2ccccc2)C1.O=CC1=C(O)C=C[C+]=C1O.O=CO[O-].[H-].[K+].[K+]. The molecule has 0 amide bonds. The number of alkyl halides is 1. The molecule has 3 aromatic carbocycles. The number of hydrogen-bond acceptors (Lipinski definition) is 11. The number of aldehydes is 2. The summed E-state index contributed by atoms with van der Waals surface area (Å²) in [5, 5.41) is 35.9. The van der Waals surface area contributed by atoms with Crippen LogP contribution in [-0.4, -0.2) is 96.9 Å². The quantitative estimate of drug-likeness (QED) is 0.0654. The first-order chi connectivity index (χ1) is 25.7. The minimum atomic E-state index is -0.324. The molecule has 0 radical (unpaired) electrons. The smallest absolute Gasteiger partial charge is 1.00 e. The van der Waals surface area contributed by atoms with Crippen LogP contribution in [0.5, 0.6) is 11.5 Å². The Morgan fingerprint density at radius 2 is 1.33 bits per heavy atom. The summed E-state index contributed by atoms with van der Waals surface area (Å²) in [5.41, 5.74) is 7.93. The first-order valence-corrected chi connectivity index (χ1v) is 17.2. The maximum atomic E-state index is 11.2. The third kappa shape index (κ3) is 16.6. The molecule has 3 aromatic rings. The van der Waals surface area contributed by atoms with Crippen molar-refractivity contribution in [1.29, 1.82) is 0 Å². The molecule has 14 heteroatoms. The maximum Gasteiger partial charge on any atom is 1.00 e. The monoisotopic (exact) mass is 821 g/mol. The molecule has 3 N–H and O–H groups in total. The summed E-state index contributed by atoms with van der Waals surface area (Å²) >= 11 is 6.00. The fraction of sp³-hybridized carbons (Fsp3) is 0.244. The summed E-state index contributed by atoms with van der Waals surface area (Å²) in [4.78, 5) is 37.2. The standard InChI is InChI=1S/C20H21NO3.C13H16ClN.C7H4O3.CH2O3.2K.H/c1-21-11-10-16(17(12-21)15-6-3-2-4-7-15)14-24-20-9-5-8-19(23)18(20)13-22;1-15-8-7-12(9-14)13(10-15)11-5-3-2-4-6-11;8-4-5-6(9)2-1-3-7(5)10;2-1-4-3;;;/h2-9,13,23H,10-12,14H2,1H3;2-6H,7-10H2,1H3;1-2,4H,(H-,8,9,10);1,3H;;;/q;;;;2*+1;-1. The molecule has 1 aliphatic carbocycles. The van der Waals surface area contributed by atoms with Gasteiger partial charge in [0.1, 0.15) is 24.2 Å². The first-order valence-electron chi connectivity index (χ1n) is 16.6. The van der Waals surface area contributed by atoms with Crippen LogP contribution >= 0.6 is 11.6 Å². The largest absolute Gasteiger partial charge is 1.00 e. The Balaban J connectivity index is 0.000000813. The molecule has 0 unspecified atom stereocenters. The Kier molecular flexibility index (Phi) is 26.0. The molecule has 0 aromatic heterocycles. The second-order valence-corrected chi connectivity index (χ2v) is 12.3. The Bertz CT molecular complexity index is 1840. The molecular weight excluding hydrogens is 778 g/mol. The summed E-state index contributed by atoms with van der Waals surface area (Å²) < 4.78 is 5.87. The number of halogens is 1. The van der Waals surface area contributed by atoms with E-state index in [0.717, 1.165) is 39.0 Å². The zero-order chi connectivity index (χ0) is 38.6. The second kappa shape index (κ2) is 28.2. The van der Waals surface area contributed by atoms with Crippen molar-refractivity contribution in [2.75, 3.05) is 52.8 Å². The zero-order valence-electron chi connectivity index (χ0n) is 32.6. The van der Waals surface area contributed by atoms with E-state index in [1.54, 1.807) is 12.1 Å². The summed E-state index contributed by atoms with van der Waals surface area (Å²) in [6.45, 7) is 4.24. The molecule has 55 heavy (non-hydrogen) atoms. The number of aromatic hydroxyl groups is 1. The van der Waals surface area contributed by atoms with Gasteiger partial charge >= 0.3 is 109 Å². The zero-order valence-corrected chi connectivity index (χ0v) is 38.6. The van der Waals surface area contributed by atoms with Gasteiger partial charge < -0.3 is 41.4 Å². The van der Waals surface area contributed by atoms with E-state index in [2.05, 4.69) is 77.3 Å². The fourth-order valence-electron chi connectivity index (χ4n) is 5.60. The molecule has 6 rings (SSSR count). The van der Waals surface area contributed by atoms with E-state index in [0.29, 0.717) is 30.8 Å². The Morgan fingerprint density at radius 1 is 0.800 bits per heavy atom. The van der Waals surface area contributed by atoms with Crippen LogP contribution < -0.4 is 113 Å². The summed E-state index contributed by atoms with van der Waals surface area (Å²) in [6.07, 6.45) is 8.00. The van der Waals surface area contributed by atoms with Gasteiger partial charge in [0.25, 0.3) is 6.47 Å². The minimum Gasteiger partial charge on any atom is -1.00 e. The molecule has 2 aliphatic heterocycles. The van der Waals surface area contributed by atoms with E-state index >= 15 is 0 Å². The van der Waals surface area contributed by atoms with Crippen molar-refractivity contribution < 1.29 is 149 Å². The number of allylic oxidation sites excluding steroid dienone is 4. The van der Waals surface area contributed by atoms with Gasteiger partial charge in [-0.25, -0.2) is 0 Å². The van der Waals surface area contributed by atoms with Crippen molar-refractivity contribution in [3.05, 3.63) is 142 Å². The number of carbonyl (C=O) groups is 3. The van der Waals surface area contributed by atoms with Crippen molar-refractivity contribution in [3.8, 4) is 11.5 Å². The Hall–Kier alpha value is -2.28. The van der Waals surface area contributed by atoms with Crippen molar-refractivity contribution in [2.24, 2.45) is 0 Å². The molecule has 2 heterocycles. The van der Waals surface area contributed by atoms with Gasteiger partial charge in [-0.15, -0.1) is 11.6 Å². The number of phenolic OH excluding ortho intramolecular Hbond substituents is 1. The minimum absolute atomic E-state index is 0. The summed E-state index contributed by atoms with van der Waals surface area (Å²) in [5.74, 6) is 0.478. The molecule has 0 spiro atoms. The fourth-order valence-corrected chi connectivity index (χ4v) is 5.89. The Morgan fingerprint density at radius 3 is 1.78 bits per heavy atom. The van der Waals surface area contributed by atoms with Crippen LogP contribution in [-0.2, 0) is 14.5 Å². The third-order valence-electron chi connectivity index (χ3n) is 8.42. The number of likely N-dealkylation sites (N-methyl/N-ethyl adjacent to an activating group) is 2. The maximum absolute atomic E-state index is 11.2. The average molecular weight is 822 g/mol. The number of benzene rings is 3. The number of hydrogen-bond donors (Lipinski definition) is 3. The molecule has 0 atom stereocenters. The summed E-state index contributed by atoms with van der Waals surface area (Å²) in [6, 6.07) is 25.7. The van der Waals surface area contributed by atoms with Gasteiger partial charge in [0.05, 0.1) is 17.7 Å². The van der Waals surface area contributed by atoms with Crippen LogP contribution in [0, 0.1) is 6.08 Å². The second-order valence-electron chi connectivity index (χ2n) is 12.0. The predicted octanol–water partition coefficient (Wildman–Crippen LogP) is -0.245. The van der Waals surface area contributed by atoms with Gasteiger partial charge in [-0.2, -0.15) is 0 Å². The first kappa shape index (κ1) is 50.7. The van der Waals surface area contributed by atoms with Gasteiger partial charge in [0.15, 0.2) is 6.29 Å². The number of aliphatic hydroxyl groups excluding tert-OH is 2. The molecule has 0 saturated carbocycles. The molecule has 0 saturated heterocycles. The van der Waals surface area contributed by atoms with Crippen LogP contribution in [0.4, 0.5) is 0 Å². The number of carbonyl (C=O) groups excluding carboxylic acids is 3. The summed E-state index contributed by atoms with van der Waals surface area (Å²) in [7, 11) is 4.27. The number of ether oxygens (including phenoxy) is 1. The predicted molar refractivity (Wildman–Crippen MR) is 203 cm³/mol. The molecule has 3 aliphatic rings. The van der Waals surface area contributed by atoms with Crippen molar-refractivity contribution in [1.82, 2.24) is 9.80 Å². The number of phenols is 1. The normalized spacial score (nSPS) is 15.0. The van der Waals surface area contributed by atoms with Crippen LogP contribution in [0.2, 0.25) is 0 Å². The van der Waals surface area contributed by atoms with Crippen molar-refractivity contribution in [2.45, 2.75) is 12.8 Å². The van der Waals surface area contributed by atoms with E-state index in [9.17, 15) is 14.7 Å². The van der Waals surface area contributed by atoms with Gasteiger partial charge in [-0.3, -0.25) is 14.4 Å². The van der Waals surface area contributed by atoms with Crippen molar-refractivity contribution in [3.63, 3.8) is 0 Å². The molecule has 0 fully saturated rings. The number of aliphatic hydroxyl groups is 2. The van der Waals surface area contributed by atoms with Gasteiger partial charge in [0.2, 0.25) is 17.6 Å². The van der Waals surface area contributed by atoms with Gasteiger partial charge in [-0.05, 0) is 72.5 Å². The van der Waals surface area contributed by atoms with Gasteiger partial charge in [0, 0.05) is 32.1 Å².